The van der Waals surface area contributed by atoms with Crippen LogP contribution in [-0.2, 0) is 6.42 Å². The van der Waals surface area contributed by atoms with E-state index in [4.69, 9.17) is 9.15 Å². The van der Waals surface area contributed by atoms with E-state index in [1.54, 1.807) is 18.5 Å². The summed E-state index contributed by atoms with van der Waals surface area (Å²) in [7, 11) is 0. The minimum absolute atomic E-state index is 0.119. The monoisotopic (exact) mass is 382 g/mol. The maximum atomic E-state index is 12.7. The van der Waals surface area contributed by atoms with Crippen molar-refractivity contribution in [2.75, 3.05) is 6.61 Å². The van der Waals surface area contributed by atoms with Crippen LogP contribution in [-0.4, -0.2) is 16.0 Å². The van der Waals surface area contributed by atoms with E-state index in [9.17, 15) is 4.79 Å². The molecule has 2 aromatic carbocycles. The van der Waals surface area contributed by atoms with Gasteiger partial charge in [0.2, 0.25) is 0 Å². The lowest BCUT2D eigenvalue weighted by atomic mass is 10.1. The predicted octanol–water partition coefficient (Wildman–Crippen LogP) is 4.73. The van der Waals surface area contributed by atoms with Crippen molar-refractivity contribution in [1.29, 1.82) is 0 Å². The predicted molar refractivity (Wildman–Crippen MR) is 112 cm³/mol. The van der Waals surface area contributed by atoms with E-state index in [-0.39, 0.29) is 5.43 Å². The fraction of sp³-hybridized carbons (Fsp3) is 0.0833. The highest BCUT2D eigenvalue weighted by atomic mass is 16.5. The zero-order valence-corrected chi connectivity index (χ0v) is 15.6. The third kappa shape index (κ3) is 3.50. The van der Waals surface area contributed by atoms with Crippen molar-refractivity contribution >= 4 is 16.5 Å². The van der Waals surface area contributed by atoms with Crippen LogP contribution in [0, 0.1) is 0 Å². The van der Waals surface area contributed by atoms with Gasteiger partial charge in [-0.2, -0.15) is 0 Å². The summed E-state index contributed by atoms with van der Waals surface area (Å²) in [5.74, 6) is 1.10. The number of hydrogen-bond donors (Lipinski definition) is 0. The van der Waals surface area contributed by atoms with Gasteiger partial charge in [0, 0.05) is 24.2 Å². The Bertz CT molecular complexity index is 1350. The smallest absolute Gasteiger partial charge is 0.193 e. The largest absolute Gasteiger partial charge is 0.493 e. The molecule has 5 aromatic rings. The maximum absolute atomic E-state index is 12.7. The summed E-state index contributed by atoms with van der Waals surface area (Å²) in [5, 5.41) is 0.495. The van der Waals surface area contributed by atoms with Crippen molar-refractivity contribution in [1.82, 2.24) is 9.38 Å². The average Bonchev–Trinajstić information content (AvgIpc) is 3.23. The van der Waals surface area contributed by atoms with Gasteiger partial charge in [-0.15, -0.1) is 0 Å². The van der Waals surface area contributed by atoms with E-state index >= 15 is 0 Å². The molecule has 0 aliphatic rings. The number of hydrogen-bond acceptors (Lipinski definition) is 4. The van der Waals surface area contributed by atoms with Crippen LogP contribution in [0.25, 0.3) is 27.9 Å². The molecule has 5 rings (SSSR count). The summed E-state index contributed by atoms with van der Waals surface area (Å²) in [6.45, 7) is 0.542. The first-order valence-electron chi connectivity index (χ1n) is 9.44. The molecule has 0 aliphatic carbocycles. The summed E-state index contributed by atoms with van der Waals surface area (Å²) in [6.07, 6.45) is 4.43. The van der Waals surface area contributed by atoms with Gasteiger partial charge in [0.1, 0.15) is 17.0 Å². The summed E-state index contributed by atoms with van der Waals surface area (Å²) in [6, 6.07) is 22.8. The number of aromatic nitrogens is 2. The van der Waals surface area contributed by atoms with Crippen LogP contribution >= 0.6 is 0 Å². The third-order valence-corrected chi connectivity index (χ3v) is 4.87. The molecule has 5 nitrogen and oxygen atoms in total. The maximum Gasteiger partial charge on any atom is 0.193 e. The quantitative estimate of drug-likeness (QED) is 0.441. The SMILES string of the molecule is O=c1cc(-c2cc3cccn3cn2)oc2ccc(OCCc3ccccc3)cc12. The average molecular weight is 382 g/mol. The van der Waals surface area contributed by atoms with E-state index in [2.05, 4.69) is 17.1 Å². The van der Waals surface area contributed by atoms with Crippen LogP contribution in [0.1, 0.15) is 5.56 Å². The van der Waals surface area contributed by atoms with E-state index in [1.165, 1.54) is 11.6 Å². The number of ether oxygens (including phenoxy) is 1. The Kier molecular flexibility index (Phi) is 4.33. The second-order valence-electron chi connectivity index (χ2n) is 6.83. The lowest BCUT2D eigenvalue weighted by Gasteiger charge is -2.08. The Balaban J connectivity index is 1.41. The molecule has 3 aromatic heterocycles. The standard InChI is InChI=1S/C24H18N2O3/c27-22-15-24(21-13-18-7-4-11-26(18)16-25-21)29-23-9-8-19(14-20(22)23)28-12-10-17-5-2-1-3-6-17/h1-9,11,13-16H,10,12H2. The summed E-state index contributed by atoms with van der Waals surface area (Å²) < 4.78 is 13.7. The topological polar surface area (TPSA) is 56.7 Å². The zero-order valence-electron chi connectivity index (χ0n) is 15.6. The lowest BCUT2D eigenvalue weighted by molar-refractivity contribution is 0.322. The minimum Gasteiger partial charge on any atom is -0.493 e. The Hall–Kier alpha value is -3.86. The first-order chi connectivity index (χ1) is 14.3. The van der Waals surface area contributed by atoms with Gasteiger partial charge < -0.3 is 13.6 Å². The Morgan fingerprint density at radius 2 is 1.86 bits per heavy atom. The van der Waals surface area contributed by atoms with Crippen LogP contribution in [0.5, 0.6) is 5.75 Å². The molecule has 0 atom stereocenters. The molecule has 0 fully saturated rings. The summed E-state index contributed by atoms with van der Waals surface area (Å²) >= 11 is 0. The van der Waals surface area contributed by atoms with Crippen molar-refractivity contribution < 1.29 is 9.15 Å². The van der Waals surface area contributed by atoms with Crippen molar-refractivity contribution in [3.8, 4) is 17.2 Å². The second-order valence-corrected chi connectivity index (χ2v) is 6.83. The molecule has 0 radical (unpaired) electrons. The van der Waals surface area contributed by atoms with Gasteiger partial charge in [0.15, 0.2) is 11.2 Å². The normalized spacial score (nSPS) is 11.2. The Morgan fingerprint density at radius 1 is 0.966 bits per heavy atom. The fourth-order valence-corrected chi connectivity index (χ4v) is 3.35. The van der Waals surface area contributed by atoms with E-state index in [1.807, 2.05) is 53.1 Å². The van der Waals surface area contributed by atoms with Crippen LogP contribution in [0.15, 0.2) is 94.5 Å². The van der Waals surface area contributed by atoms with Gasteiger partial charge in [-0.25, -0.2) is 4.98 Å². The van der Waals surface area contributed by atoms with Gasteiger partial charge >= 0.3 is 0 Å². The first kappa shape index (κ1) is 17.3. The molecule has 142 valence electrons. The van der Waals surface area contributed by atoms with Crippen LogP contribution in [0.3, 0.4) is 0 Å². The fourth-order valence-electron chi connectivity index (χ4n) is 3.35. The first-order valence-corrected chi connectivity index (χ1v) is 9.44. The molecule has 0 saturated heterocycles. The highest BCUT2D eigenvalue weighted by molar-refractivity contribution is 5.80. The summed E-state index contributed by atoms with van der Waals surface area (Å²) in [4.78, 5) is 17.1. The molecule has 5 heteroatoms. The third-order valence-electron chi connectivity index (χ3n) is 4.87. The van der Waals surface area contributed by atoms with E-state index < -0.39 is 0 Å². The number of fused-ring (bicyclic) bond motifs is 2. The highest BCUT2D eigenvalue weighted by Crippen LogP contribution is 2.24. The molecule has 0 aliphatic heterocycles. The molecule has 0 amide bonds. The number of rotatable bonds is 5. The Morgan fingerprint density at radius 3 is 2.76 bits per heavy atom. The van der Waals surface area contributed by atoms with Gasteiger partial charge in [-0.05, 0) is 42.0 Å². The van der Waals surface area contributed by atoms with Crippen molar-refractivity contribution in [3.63, 3.8) is 0 Å². The van der Waals surface area contributed by atoms with Gasteiger partial charge in [0.05, 0.1) is 18.3 Å². The van der Waals surface area contributed by atoms with E-state index in [0.717, 1.165) is 11.9 Å². The molecule has 0 saturated carbocycles. The minimum atomic E-state index is -0.119. The lowest BCUT2D eigenvalue weighted by Crippen LogP contribution is -2.04. The highest BCUT2D eigenvalue weighted by Gasteiger charge is 2.10. The molecule has 0 unspecified atom stereocenters. The molecule has 0 bridgehead atoms. The molecular formula is C24H18N2O3. The van der Waals surface area contributed by atoms with E-state index in [0.29, 0.717) is 34.8 Å². The molecule has 29 heavy (non-hydrogen) atoms. The number of nitrogens with zero attached hydrogens (tertiary/aromatic N) is 2. The second kappa shape index (κ2) is 7.28. The van der Waals surface area contributed by atoms with Crippen molar-refractivity contribution in [2.24, 2.45) is 0 Å². The molecule has 0 spiro atoms. The van der Waals surface area contributed by atoms with Crippen LogP contribution in [0.2, 0.25) is 0 Å². The molecular weight excluding hydrogens is 364 g/mol. The van der Waals surface area contributed by atoms with Gasteiger partial charge in [-0.1, -0.05) is 30.3 Å². The number of benzene rings is 2. The Labute approximate surface area is 166 Å². The van der Waals surface area contributed by atoms with Gasteiger partial charge in [-0.3, -0.25) is 4.79 Å². The molecule has 3 heterocycles. The zero-order chi connectivity index (χ0) is 19.6. The van der Waals surface area contributed by atoms with Gasteiger partial charge in [0.25, 0.3) is 0 Å². The summed E-state index contributed by atoms with van der Waals surface area (Å²) in [5.41, 5.74) is 3.22. The van der Waals surface area contributed by atoms with Crippen molar-refractivity contribution in [3.05, 3.63) is 101 Å². The van der Waals surface area contributed by atoms with Crippen LogP contribution < -0.4 is 10.2 Å². The van der Waals surface area contributed by atoms with Crippen LogP contribution in [0.4, 0.5) is 0 Å². The van der Waals surface area contributed by atoms with Crippen molar-refractivity contribution in [2.45, 2.75) is 6.42 Å². The molecule has 0 N–H and O–H groups in total.